The lowest BCUT2D eigenvalue weighted by atomic mass is 10.4. The van der Waals surface area contributed by atoms with E-state index < -0.39 is 0 Å². The quantitative estimate of drug-likeness (QED) is 0.638. The standard InChI is InChI=1S/C7H8N2O3/c10-7-1-2-12-9(7)4-6-3-8-5-11-6/h3,5H,1-2,4H2. The Bertz CT molecular complexity index is 270. The number of hydrogen-bond donors (Lipinski definition) is 0. The molecule has 0 unspecified atom stereocenters. The predicted molar refractivity (Wildman–Crippen MR) is 37.6 cm³/mol. The molecule has 0 bridgehead atoms. The molecule has 1 aromatic heterocycles. The summed E-state index contributed by atoms with van der Waals surface area (Å²) in [7, 11) is 0. The molecule has 1 fully saturated rings. The number of rotatable bonds is 2. The molecule has 0 aliphatic carbocycles. The molecule has 2 rings (SSSR count). The van der Waals surface area contributed by atoms with Gasteiger partial charge in [-0.05, 0) is 0 Å². The monoisotopic (exact) mass is 168 g/mol. The number of hydroxylamine groups is 2. The van der Waals surface area contributed by atoms with E-state index in [-0.39, 0.29) is 5.91 Å². The van der Waals surface area contributed by atoms with Crippen molar-refractivity contribution in [2.45, 2.75) is 13.0 Å². The molecule has 1 aliphatic rings. The topological polar surface area (TPSA) is 55.6 Å². The average Bonchev–Trinajstić information content (AvgIpc) is 2.65. The van der Waals surface area contributed by atoms with Crippen molar-refractivity contribution in [3.63, 3.8) is 0 Å². The van der Waals surface area contributed by atoms with Crippen molar-refractivity contribution < 1.29 is 14.0 Å². The summed E-state index contributed by atoms with van der Waals surface area (Å²) in [6, 6.07) is 0. The fourth-order valence-corrected chi connectivity index (χ4v) is 1.04. The second kappa shape index (κ2) is 2.94. The Labute approximate surface area is 68.9 Å². The maximum absolute atomic E-state index is 11.0. The van der Waals surface area contributed by atoms with Crippen LogP contribution >= 0.6 is 0 Å². The molecular formula is C7H8N2O3. The Morgan fingerprint density at radius 1 is 1.67 bits per heavy atom. The van der Waals surface area contributed by atoms with Crippen molar-refractivity contribution in [3.05, 3.63) is 18.4 Å². The van der Waals surface area contributed by atoms with Gasteiger partial charge in [0.25, 0.3) is 0 Å². The summed E-state index contributed by atoms with van der Waals surface area (Å²) in [5.41, 5.74) is 0. The van der Waals surface area contributed by atoms with Crippen molar-refractivity contribution in [3.8, 4) is 0 Å². The SMILES string of the molecule is O=C1CCON1Cc1cnco1. The summed E-state index contributed by atoms with van der Waals surface area (Å²) in [6.07, 6.45) is 3.35. The van der Waals surface area contributed by atoms with Gasteiger partial charge in [0, 0.05) is 0 Å². The molecule has 1 aromatic rings. The highest BCUT2D eigenvalue weighted by Gasteiger charge is 2.22. The van der Waals surface area contributed by atoms with E-state index in [9.17, 15) is 4.79 Å². The van der Waals surface area contributed by atoms with E-state index in [1.165, 1.54) is 11.5 Å². The van der Waals surface area contributed by atoms with Crippen LogP contribution in [0.2, 0.25) is 0 Å². The predicted octanol–water partition coefficient (Wildman–Crippen LogP) is 0.339. The summed E-state index contributed by atoms with van der Waals surface area (Å²) < 4.78 is 4.96. The van der Waals surface area contributed by atoms with Gasteiger partial charge in [0.05, 0.1) is 19.2 Å². The van der Waals surface area contributed by atoms with Crippen molar-refractivity contribution in [1.82, 2.24) is 10.0 Å². The van der Waals surface area contributed by atoms with Crippen molar-refractivity contribution in [2.24, 2.45) is 0 Å². The van der Waals surface area contributed by atoms with Gasteiger partial charge < -0.3 is 4.42 Å². The van der Waals surface area contributed by atoms with Crippen LogP contribution in [0.25, 0.3) is 0 Å². The van der Waals surface area contributed by atoms with Gasteiger partial charge in [-0.25, -0.2) is 10.0 Å². The van der Waals surface area contributed by atoms with Crippen LogP contribution in [-0.4, -0.2) is 22.6 Å². The Kier molecular flexibility index (Phi) is 1.79. The van der Waals surface area contributed by atoms with Crippen LogP contribution in [0, 0.1) is 0 Å². The van der Waals surface area contributed by atoms with Crippen LogP contribution in [0.1, 0.15) is 12.2 Å². The van der Waals surface area contributed by atoms with Gasteiger partial charge in [-0.2, -0.15) is 0 Å². The first-order valence-corrected chi connectivity index (χ1v) is 3.67. The van der Waals surface area contributed by atoms with E-state index in [4.69, 9.17) is 9.25 Å². The number of nitrogens with zero attached hydrogens (tertiary/aromatic N) is 2. The van der Waals surface area contributed by atoms with Gasteiger partial charge in [0.2, 0.25) is 5.91 Å². The molecular weight excluding hydrogens is 160 g/mol. The first-order chi connectivity index (χ1) is 5.86. The van der Waals surface area contributed by atoms with Crippen LogP contribution in [0.4, 0.5) is 0 Å². The summed E-state index contributed by atoms with van der Waals surface area (Å²) in [4.78, 5) is 19.8. The Morgan fingerprint density at radius 3 is 3.17 bits per heavy atom. The largest absolute Gasteiger partial charge is 0.447 e. The lowest BCUT2D eigenvalue weighted by molar-refractivity contribution is -0.165. The summed E-state index contributed by atoms with van der Waals surface area (Å²) >= 11 is 0. The van der Waals surface area contributed by atoms with Gasteiger partial charge in [0.15, 0.2) is 6.39 Å². The number of oxazole rings is 1. The highest BCUT2D eigenvalue weighted by atomic mass is 16.7. The van der Waals surface area contributed by atoms with Crippen LogP contribution in [0.5, 0.6) is 0 Å². The third kappa shape index (κ3) is 1.31. The molecule has 5 heteroatoms. The van der Waals surface area contributed by atoms with E-state index >= 15 is 0 Å². The van der Waals surface area contributed by atoms with Crippen molar-refractivity contribution in [2.75, 3.05) is 6.61 Å². The smallest absolute Gasteiger partial charge is 0.248 e. The first kappa shape index (κ1) is 7.30. The maximum Gasteiger partial charge on any atom is 0.248 e. The summed E-state index contributed by atoms with van der Waals surface area (Å²) in [5, 5.41) is 1.29. The van der Waals surface area contributed by atoms with E-state index in [1.54, 1.807) is 6.20 Å². The van der Waals surface area contributed by atoms with Gasteiger partial charge in [-0.15, -0.1) is 0 Å². The van der Waals surface area contributed by atoms with E-state index in [0.717, 1.165) is 0 Å². The van der Waals surface area contributed by atoms with Gasteiger partial charge in [-0.1, -0.05) is 0 Å². The van der Waals surface area contributed by atoms with Gasteiger partial charge >= 0.3 is 0 Å². The second-order valence-corrected chi connectivity index (χ2v) is 2.48. The highest BCUT2D eigenvalue weighted by molar-refractivity contribution is 5.76. The first-order valence-electron chi connectivity index (χ1n) is 3.67. The third-order valence-electron chi connectivity index (χ3n) is 1.62. The fourth-order valence-electron chi connectivity index (χ4n) is 1.04. The molecule has 1 saturated heterocycles. The van der Waals surface area contributed by atoms with Crippen LogP contribution in [-0.2, 0) is 16.2 Å². The molecule has 1 amide bonds. The zero-order valence-electron chi connectivity index (χ0n) is 6.40. The molecule has 64 valence electrons. The van der Waals surface area contributed by atoms with Gasteiger partial charge in [0.1, 0.15) is 12.3 Å². The summed E-state index contributed by atoms with van der Waals surface area (Å²) in [5.74, 6) is 0.622. The third-order valence-corrected chi connectivity index (χ3v) is 1.62. The minimum atomic E-state index is -0.00796. The lowest BCUT2D eigenvalue weighted by Gasteiger charge is -2.10. The fraction of sp³-hybridized carbons (Fsp3) is 0.429. The molecule has 0 N–H and O–H groups in total. The molecule has 2 heterocycles. The molecule has 12 heavy (non-hydrogen) atoms. The molecule has 1 aliphatic heterocycles. The number of carbonyl (C=O) groups is 1. The van der Waals surface area contributed by atoms with E-state index in [2.05, 4.69) is 4.98 Å². The average molecular weight is 168 g/mol. The van der Waals surface area contributed by atoms with Crippen molar-refractivity contribution in [1.29, 1.82) is 0 Å². The molecule has 0 radical (unpaired) electrons. The minimum absolute atomic E-state index is 0.00796. The van der Waals surface area contributed by atoms with E-state index in [1.807, 2.05) is 0 Å². The molecule has 5 nitrogen and oxygen atoms in total. The maximum atomic E-state index is 11.0. The van der Waals surface area contributed by atoms with Crippen molar-refractivity contribution >= 4 is 5.91 Å². The molecule has 0 atom stereocenters. The number of amides is 1. The number of hydrogen-bond acceptors (Lipinski definition) is 4. The van der Waals surface area contributed by atoms with E-state index in [0.29, 0.717) is 25.3 Å². The molecule has 0 aromatic carbocycles. The lowest BCUT2D eigenvalue weighted by Crippen LogP contribution is -2.22. The molecule has 0 spiro atoms. The van der Waals surface area contributed by atoms with Crippen LogP contribution in [0.15, 0.2) is 17.0 Å². The normalized spacial score (nSPS) is 17.3. The Hall–Kier alpha value is -1.36. The minimum Gasteiger partial charge on any atom is -0.447 e. The van der Waals surface area contributed by atoms with Crippen LogP contribution in [0.3, 0.4) is 0 Å². The zero-order chi connectivity index (χ0) is 8.39. The zero-order valence-corrected chi connectivity index (χ0v) is 6.40. The Balaban J connectivity index is 1.99. The summed E-state index contributed by atoms with van der Waals surface area (Å²) in [6.45, 7) is 0.811. The van der Waals surface area contributed by atoms with Gasteiger partial charge in [-0.3, -0.25) is 9.63 Å². The highest BCUT2D eigenvalue weighted by Crippen LogP contribution is 2.11. The second-order valence-electron chi connectivity index (χ2n) is 2.48. The number of aromatic nitrogens is 1. The number of carbonyl (C=O) groups excluding carboxylic acids is 1. The molecule has 0 saturated carbocycles. The van der Waals surface area contributed by atoms with Crippen LogP contribution < -0.4 is 0 Å². The Morgan fingerprint density at radius 2 is 2.58 bits per heavy atom.